The van der Waals surface area contributed by atoms with Gasteiger partial charge in [0.1, 0.15) is 5.75 Å². The zero-order valence-corrected chi connectivity index (χ0v) is 18.7. The van der Waals surface area contributed by atoms with Gasteiger partial charge >= 0.3 is 0 Å². The van der Waals surface area contributed by atoms with Crippen LogP contribution in [0.15, 0.2) is 108 Å². The van der Waals surface area contributed by atoms with Gasteiger partial charge in [0.05, 0.1) is 17.7 Å². The average Bonchev–Trinajstić information content (AvgIpc) is 2.85. The standard InChI is InChI=1S/C26H22N2O4S/c1-32-25-14-8-7-13-24(25)28-33(30,31)21-17-15-20(16-18-21)26(29)27-23-12-6-5-11-22(23)19-9-3-2-4-10-19/h2-18,28H,1H3,(H,27,29). The zero-order chi connectivity index (χ0) is 23.3. The quantitative estimate of drug-likeness (QED) is 0.388. The molecular weight excluding hydrogens is 436 g/mol. The Morgan fingerprint density at radius 2 is 1.33 bits per heavy atom. The van der Waals surface area contributed by atoms with E-state index in [9.17, 15) is 13.2 Å². The largest absolute Gasteiger partial charge is 0.495 e. The predicted molar refractivity (Wildman–Crippen MR) is 130 cm³/mol. The average molecular weight is 459 g/mol. The Morgan fingerprint density at radius 3 is 2.03 bits per heavy atom. The first-order chi connectivity index (χ1) is 16.0. The zero-order valence-electron chi connectivity index (χ0n) is 17.9. The van der Waals surface area contributed by atoms with E-state index in [-0.39, 0.29) is 10.8 Å². The first kappa shape index (κ1) is 22.1. The molecule has 0 bridgehead atoms. The van der Waals surface area contributed by atoms with Gasteiger partial charge in [0.25, 0.3) is 15.9 Å². The van der Waals surface area contributed by atoms with E-state index < -0.39 is 10.0 Å². The minimum absolute atomic E-state index is 0.0367. The third-order valence-electron chi connectivity index (χ3n) is 5.04. The molecule has 0 aliphatic rings. The van der Waals surface area contributed by atoms with Crippen LogP contribution in [-0.2, 0) is 10.0 Å². The molecule has 0 saturated heterocycles. The number of anilines is 2. The number of amides is 1. The summed E-state index contributed by atoms with van der Waals surface area (Å²) < 4.78 is 33.3. The Labute approximate surface area is 192 Å². The highest BCUT2D eigenvalue weighted by molar-refractivity contribution is 7.92. The summed E-state index contributed by atoms with van der Waals surface area (Å²) in [6, 6.07) is 29.8. The Bertz CT molecular complexity index is 1370. The summed E-state index contributed by atoms with van der Waals surface area (Å²) in [4.78, 5) is 12.9. The Hall–Kier alpha value is -4.10. The number of para-hydroxylation sites is 3. The van der Waals surface area contributed by atoms with Crippen molar-refractivity contribution in [2.45, 2.75) is 4.90 Å². The van der Waals surface area contributed by atoms with Crippen LogP contribution in [0.1, 0.15) is 10.4 Å². The smallest absolute Gasteiger partial charge is 0.262 e. The number of sulfonamides is 1. The molecule has 0 atom stereocenters. The number of hydrogen-bond donors (Lipinski definition) is 2. The van der Waals surface area contributed by atoms with Crippen molar-refractivity contribution >= 4 is 27.3 Å². The molecule has 0 aliphatic carbocycles. The first-order valence-corrected chi connectivity index (χ1v) is 11.7. The normalized spacial score (nSPS) is 10.9. The molecule has 7 heteroatoms. The fourth-order valence-electron chi connectivity index (χ4n) is 3.37. The molecule has 0 spiro atoms. The molecule has 0 aromatic heterocycles. The predicted octanol–water partition coefficient (Wildman–Crippen LogP) is 5.42. The molecule has 0 heterocycles. The van der Waals surface area contributed by atoms with Crippen molar-refractivity contribution < 1.29 is 17.9 Å². The van der Waals surface area contributed by atoms with Gasteiger partial charge in [-0.1, -0.05) is 60.7 Å². The Balaban J connectivity index is 1.53. The molecule has 4 aromatic rings. The van der Waals surface area contributed by atoms with Crippen molar-refractivity contribution in [3.8, 4) is 16.9 Å². The highest BCUT2D eigenvalue weighted by Crippen LogP contribution is 2.29. The van der Waals surface area contributed by atoms with E-state index in [4.69, 9.17) is 4.74 Å². The molecular formula is C26H22N2O4S. The first-order valence-electron chi connectivity index (χ1n) is 10.2. The van der Waals surface area contributed by atoms with E-state index in [1.807, 2.05) is 54.6 Å². The molecule has 4 aromatic carbocycles. The summed E-state index contributed by atoms with van der Waals surface area (Å²) in [5, 5.41) is 2.92. The van der Waals surface area contributed by atoms with Crippen LogP contribution in [0.5, 0.6) is 5.75 Å². The van der Waals surface area contributed by atoms with Gasteiger partial charge in [-0.3, -0.25) is 9.52 Å². The van der Waals surface area contributed by atoms with Crippen LogP contribution in [0, 0.1) is 0 Å². The van der Waals surface area contributed by atoms with Gasteiger partial charge in [0.15, 0.2) is 0 Å². The molecule has 4 rings (SSSR count). The van der Waals surface area contributed by atoms with Gasteiger partial charge in [0.2, 0.25) is 0 Å². The van der Waals surface area contributed by atoms with Crippen molar-refractivity contribution in [2.24, 2.45) is 0 Å². The number of hydrogen-bond acceptors (Lipinski definition) is 4. The Kier molecular flexibility index (Phi) is 6.42. The van der Waals surface area contributed by atoms with Crippen molar-refractivity contribution in [3.05, 3.63) is 109 Å². The van der Waals surface area contributed by atoms with Crippen molar-refractivity contribution in [1.29, 1.82) is 0 Å². The molecule has 1 amide bonds. The maximum atomic E-state index is 12.8. The molecule has 33 heavy (non-hydrogen) atoms. The molecule has 0 fully saturated rings. The summed E-state index contributed by atoms with van der Waals surface area (Å²) in [6.07, 6.45) is 0. The highest BCUT2D eigenvalue weighted by atomic mass is 32.2. The summed E-state index contributed by atoms with van der Waals surface area (Å²) >= 11 is 0. The van der Waals surface area contributed by atoms with Crippen LogP contribution in [0.2, 0.25) is 0 Å². The molecule has 6 nitrogen and oxygen atoms in total. The van der Waals surface area contributed by atoms with Crippen LogP contribution in [0.4, 0.5) is 11.4 Å². The lowest BCUT2D eigenvalue weighted by Crippen LogP contribution is -2.15. The molecule has 166 valence electrons. The lowest BCUT2D eigenvalue weighted by Gasteiger charge is -2.13. The summed E-state index contributed by atoms with van der Waals surface area (Å²) in [7, 11) is -2.38. The van der Waals surface area contributed by atoms with Crippen LogP contribution in [0.3, 0.4) is 0 Å². The second kappa shape index (κ2) is 9.58. The monoisotopic (exact) mass is 458 g/mol. The van der Waals surface area contributed by atoms with Crippen LogP contribution in [0.25, 0.3) is 11.1 Å². The van der Waals surface area contributed by atoms with Crippen molar-refractivity contribution in [1.82, 2.24) is 0 Å². The lowest BCUT2D eigenvalue weighted by atomic mass is 10.0. The van der Waals surface area contributed by atoms with Crippen LogP contribution in [-0.4, -0.2) is 21.4 Å². The summed E-state index contributed by atoms with van der Waals surface area (Å²) in [5.41, 5.74) is 3.22. The van der Waals surface area contributed by atoms with Gasteiger partial charge in [-0.05, 0) is 48.0 Å². The van der Waals surface area contributed by atoms with Crippen molar-refractivity contribution in [2.75, 3.05) is 17.1 Å². The van der Waals surface area contributed by atoms with E-state index in [1.54, 1.807) is 24.3 Å². The van der Waals surface area contributed by atoms with Crippen LogP contribution >= 0.6 is 0 Å². The van der Waals surface area contributed by atoms with Gasteiger partial charge in [-0.2, -0.15) is 0 Å². The molecule has 0 unspecified atom stereocenters. The van der Waals surface area contributed by atoms with Crippen LogP contribution < -0.4 is 14.8 Å². The molecule has 0 radical (unpaired) electrons. The Morgan fingerprint density at radius 1 is 0.727 bits per heavy atom. The number of carbonyl (C=O) groups excluding carboxylic acids is 1. The van der Waals surface area contributed by atoms with Gasteiger partial charge in [0, 0.05) is 16.8 Å². The second-order valence-electron chi connectivity index (χ2n) is 7.20. The van der Waals surface area contributed by atoms with E-state index >= 15 is 0 Å². The topological polar surface area (TPSA) is 84.5 Å². The minimum atomic E-state index is -3.85. The minimum Gasteiger partial charge on any atom is -0.495 e. The number of benzene rings is 4. The molecule has 0 aliphatic heterocycles. The number of rotatable bonds is 7. The van der Waals surface area contributed by atoms with E-state index in [2.05, 4.69) is 10.0 Å². The molecule has 0 saturated carbocycles. The molecule has 2 N–H and O–H groups in total. The fourth-order valence-corrected chi connectivity index (χ4v) is 4.44. The number of ether oxygens (including phenoxy) is 1. The third kappa shape index (κ3) is 5.05. The maximum absolute atomic E-state index is 12.8. The van der Waals surface area contributed by atoms with Gasteiger partial charge in [-0.25, -0.2) is 8.42 Å². The summed E-state index contributed by atoms with van der Waals surface area (Å²) in [5.74, 6) is 0.0779. The third-order valence-corrected chi connectivity index (χ3v) is 6.42. The second-order valence-corrected chi connectivity index (χ2v) is 8.88. The van der Waals surface area contributed by atoms with E-state index in [1.165, 1.54) is 31.4 Å². The summed E-state index contributed by atoms with van der Waals surface area (Å²) in [6.45, 7) is 0. The fraction of sp³-hybridized carbons (Fsp3) is 0.0385. The number of carbonyl (C=O) groups is 1. The van der Waals surface area contributed by atoms with Gasteiger partial charge < -0.3 is 10.1 Å². The van der Waals surface area contributed by atoms with Gasteiger partial charge in [-0.15, -0.1) is 0 Å². The number of nitrogens with one attached hydrogen (secondary N) is 2. The number of methoxy groups -OCH3 is 1. The van der Waals surface area contributed by atoms with E-state index in [0.717, 1.165) is 11.1 Å². The maximum Gasteiger partial charge on any atom is 0.262 e. The highest BCUT2D eigenvalue weighted by Gasteiger charge is 2.17. The van der Waals surface area contributed by atoms with E-state index in [0.29, 0.717) is 22.7 Å². The lowest BCUT2D eigenvalue weighted by molar-refractivity contribution is 0.102. The van der Waals surface area contributed by atoms with Crippen molar-refractivity contribution in [3.63, 3.8) is 0 Å². The SMILES string of the molecule is COc1ccccc1NS(=O)(=O)c1ccc(C(=O)Nc2ccccc2-c2ccccc2)cc1.